The highest BCUT2D eigenvalue weighted by Gasteiger charge is 2.09. The van der Waals surface area contributed by atoms with Crippen LogP contribution in [0.3, 0.4) is 0 Å². The minimum atomic E-state index is 0.139. The Balaban J connectivity index is 3.36. The molecule has 0 saturated heterocycles. The first-order chi connectivity index (χ1) is 3.12. The third-order valence-electron chi connectivity index (χ3n) is 1.04. The van der Waals surface area contributed by atoms with Crippen LogP contribution in [0.1, 0.15) is 6.92 Å². The van der Waals surface area contributed by atoms with Gasteiger partial charge in [-0.15, -0.1) is 10.6 Å². The second-order valence-corrected chi connectivity index (χ2v) is 1.67. The lowest BCUT2D eigenvalue weighted by Gasteiger charge is -2.20. The summed E-state index contributed by atoms with van der Waals surface area (Å²) >= 11 is 0. The first-order valence-electron chi connectivity index (χ1n) is 2.32. The smallest absolute Gasteiger partial charge is 0.125 e. The SMILES string of the molecule is CC[N+](C)(N)OC. The van der Waals surface area contributed by atoms with Gasteiger partial charge in [-0.1, -0.05) is 0 Å². The lowest BCUT2D eigenvalue weighted by Crippen LogP contribution is -2.49. The summed E-state index contributed by atoms with van der Waals surface area (Å²) in [6.07, 6.45) is 0. The zero-order chi connectivity index (χ0) is 5.91. The van der Waals surface area contributed by atoms with E-state index in [0.29, 0.717) is 0 Å². The number of nitrogens with two attached hydrogens (primary N) is 1. The average molecular weight is 105 g/mol. The fourth-order valence-electron chi connectivity index (χ4n) is 0.129. The van der Waals surface area contributed by atoms with Crippen LogP contribution in [0, 0.1) is 0 Å². The second kappa shape index (κ2) is 2.26. The van der Waals surface area contributed by atoms with Crippen LogP contribution in [0.5, 0.6) is 0 Å². The highest BCUT2D eigenvalue weighted by Crippen LogP contribution is 1.86. The fourth-order valence-corrected chi connectivity index (χ4v) is 0.129. The molecule has 0 aliphatic carbocycles. The van der Waals surface area contributed by atoms with E-state index in [2.05, 4.69) is 0 Å². The lowest BCUT2D eigenvalue weighted by atomic mass is 10.7. The van der Waals surface area contributed by atoms with Crippen molar-refractivity contribution in [1.29, 1.82) is 0 Å². The van der Waals surface area contributed by atoms with Crippen LogP contribution in [0.4, 0.5) is 0 Å². The van der Waals surface area contributed by atoms with Gasteiger partial charge >= 0.3 is 0 Å². The molecule has 0 aliphatic heterocycles. The summed E-state index contributed by atoms with van der Waals surface area (Å²) in [4.78, 5) is 4.80. The van der Waals surface area contributed by atoms with Gasteiger partial charge in [0.05, 0.1) is 7.11 Å². The Morgan fingerprint density at radius 1 is 1.71 bits per heavy atom. The largest absolute Gasteiger partial charge is 0.186 e. The van der Waals surface area contributed by atoms with Crippen molar-refractivity contribution >= 4 is 0 Å². The first kappa shape index (κ1) is 6.88. The van der Waals surface area contributed by atoms with Crippen LogP contribution in [-0.4, -0.2) is 25.5 Å². The monoisotopic (exact) mass is 105 g/mol. The number of hydrogen-bond donors (Lipinski definition) is 1. The molecule has 0 spiro atoms. The van der Waals surface area contributed by atoms with E-state index in [1.54, 1.807) is 14.2 Å². The minimum absolute atomic E-state index is 0.139. The van der Waals surface area contributed by atoms with Crippen LogP contribution in [0.2, 0.25) is 0 Å². The van der Waals surface area contributed by atoms with Crippen LogP contribution < -0.4 is 5.84 Å². The number of hydrogen-bond acceptors (Lipinski definition) is 2. The molecule has 1 atom stereocenters. The van der Waals surface area contributed by atoms with Gasteiger partial charge in [-0.25, -0.2) is 0 Å². The normalized spacial score (nSPS) is 18.9. The average Bonchev–Trinajstić information content (AvgIpc) is 1.68. The standard InChI is InChI=1S/C4H13N2O/c1-4-6(2,5)7-3/h4-5H2,1-3H3/q+1. The molecule has 0 rings (SSSR count). The highest BCUT2D eigenvalue weighted by atomic mass is 16.7. The Morgan fingerprint density at radius 3 is 2.14 bits per heavy atom. The van der Waals surface area contributed by atoms with Gasteiger partial charge in [0.2, 0.25) is 0 Å². The van der Waals surface area contributed by atoms with E-state index in [4.69, 9.17) is 10.7 Å². The van der Waals surface area contributed by atoms with E-state index in [9.17, 15) is 0 Å². The van der Waals surface area contributed by atoms with Crippen molar-refractivity contribution in [2.45, 2.75) is 6.92 Å². The molecule has 0 aromatic carbocycles. The fraction of sp³-hybridized carbons (Fsp3) is 1.00. The van der Waals surface area contributed by atoms with Crippen LogP contribution in [0.15, 0.2) is 0 Å². The molecule has 7 heavy (non-hydrogen) atoms. The summed E-state index contributed by atoms with van der Waals surface area (Å²) < 4.78 is 0.139. The van der Waals surface area contributed by atoms with Crippen molar-refractivity contribution in [3.05, 3.63) is 0 Å². The molecule has 0 aliphatic rings. The van der Waals surface area contributed by atoms with E-state index in [-0.39, 0.29) is 4.76 Å². The third kappa shape index (κ3) is 2.56. The minimum Gasteiger partial charge on any atom is -0.186 e. The quantitative estimate of drug-likeness (QED) is 0.302. The molecule has 3 heteroatoms. The lowest BCUT2D eigenvalue weighted by molar-refractivity contribution is -1.10. The molecular formula is C4H13N2O+. The maximum Gasteiger partial charge on any atom is 0.125 e. The molecule has 3 nitrogen and oxygen atoms in total. The summed E-state index contributed by atoms with van der Waals surface area (Å²) in [6, 6.07) is 0. The molecule has 0 aromatic rings. The topological polar surface area (TPSA) is 35.2 Å². The van der Waals surface area contributed by atoms with E-state index < -0.39 is 0 Å². The van der Waals surface area contributed by atoms with Gasteiger partial charge in [0, 0.05) is 0 Å². The molecule has 0 amide bonds. The summed E-state index contributed by atoms with van der Waals surface area (Å²) in [5.41, 5.74) is 0. The van der Waals surface area contributed by atoms with Crippen molar-refractivity contribution in [1.82, 2.24) is 0 Å². The molecule has 0 aromatic heterocycles. The maximum absolute atomic E-state index is 5.43. The predicted molar refractivity (Wildman–Crippen MR) is 27.9 cm³/mol. The number of hydroxylamine groups is 2. The Kier molecular flexibility index (Phi) is 2.22. The summed E-state index contributed by atoms with van der Waals surface area (Å²) in [5.74, 6) is 5.43. The molecule has 0 fully saturated rings. The molecule has 0 saturated carbocycles. The third-order valence-corrected chi connectivity index (χ3v) is 1.04. The second-order valence-electron chi connectivity index (χ2n) is 1.67. The summed E-state index contributed by atoms with van der Waals surface area (Å²) in [7, 11) is 3.38. The van der Waals surface area contributed by atoms with Crippen LogP contribution in [0.25, 0.3) is 0 Å². The van der Waals surface area contributed by atoms with Gasteiger partial charge in [0.1, 0.15) is 13.6 Å². The van der Waals surface area contributed by atoms with Crippen molar-refractivity contribution in [2.24, 2.45) is 5.84 Å². The Hall–Kier alpha value is -0.120. The Bertz CT molecular complexity index is 47.7. The predicted octanol–water partition coefficient (Wildman–Crippen LogP) is -0.112. The molecule has 44 valence electrons. The van der Waals surface area contributed by atoms with Gasteiger partial charge < -0.3 is 0 Å². The van der Waals surface area contributed by atoms with Crippen molar-refractivity contribution in [3.8, 4) is 0 Å². The van der Waals surface area contributed by atoms with Crippen LogP contribution in [-0.2, 0) is 4.84 Å². The Labute approximate surface area is 44.2 Å². The molecular weight excluding hydrogens is 92.1 g/mol. The maximum atomic E-state index is 5.43. The van der Waals surface area contributed by atoms with Crippen LogP contribution >= 0.6 is 0 Å². The van der Waals surface area contributed by atoms with Gasteiger partial charge in [-0.3, -0.25) is 0 Å². The summed E-state index contributed by atoms with van der Waals surface area (Å²) in [5, 5.41) is 0. The number of nitrogens with zero attached hydrogens (tertiary/aromatic N) is 1. The van der Waals surface area contributed by atoms with Crippen molar-refractivity contribution in [3.63, 3.8) is 0 Å². The van der Waals surface area contributed by atoms with E-state index in [1.807, 2.05) is 6.92 Å². The van der Waals surface area contributed by atoms with E-state index in [0.717, 1.165) is 6.54 Å². The van der Waals surface area contributed by atoms with Gasteiger partial charge in [-0.2, -0.15) is 4.84 Å². The van der Waals surface area contributed by atoms with Gasteiger partial charge in [0.15, 0.2) is 0 Å². The van der Waals surface area contributed by atoms with E-state index in [1.165, 1.54) is 0 Å². The number of rotatable bonds is 2. The summed E-state index contributed by atoms with van der Waals surface area (Å²) in [6.45, 7) is 2.75. The molecule has 0 radical (unpaired) electrons. The zero-order valence-electron chi connectivity index (χ0n) is 5.14. The number of quaternary nitrogens is 1. The first-order valence-corrected chi connectivity index (χ1v) is 2.32. The van der Waals surface area contributed by atoms with E-state index >= 15 is 0 Å². The Morgan fingerprint density at radius 2 is 2.14 bits per heavy atom. The van der Waals surface area contributed by atoms with Crippen molar-refractivity contribution in [2.75, 3.05) is 20.7 Å². The zero-order valence-corrected chi connectivity index (χ0v) is 5.14. The highest BCUT2D eigenvalue weighted by molar-refractivity contribution is 3.98. The molecule has 0 heterocycles. The van der Waals surface area contributed by atoms with Gasteiger partial charge in [-0.05, 0) is 6.92 Å². The molecule has 2 N–H and O–H groups in total. The molecule has 0 bridgehead atoms. The van der Waals surface area contributed by atoms with Gasteiger partial charge in [0.25, 0.3) is 0 Å². The molecule has 1 unspecified atom stereocenters. The van der Waals surface area contributed by atoms with Crippen molar-refractivity contribution < 1.29 is 9.59 Å².